The predicted octanol–water partition coefficient (Wildman–Crippen LogP) is 7.97. The molecule has 0 aliphatic heterocycles. The summed E-state index contributed by atoms with van der Waals surface area (Å²) >= 11 is 0. The Balaban J connectivity index is 1.87. The summed E-state index contributed by atoms with van der Waals surface area (Å²) in [5.74, 6) is 0. The van der Waals surface area contributed by atoms with Crippen molar-refractivity contribution in [3.63, 3.8) is 0 Å². The first-order chi connectivity index (χ1) is 15.3. The van der Waals surface area contributed by atoms with Crippen LogP contribution in [0.5, 0.6) is 0 Å². The zero-order chi connectivity index (χ0) is 22.6. The Morgan fingerprint density at radius 3 is 1.09 bits per heavy atom. The second-order valence-electron chi connectivity index (χ2n) is 9.30. The lowest BCUT2D eigenvalue weighted by atomic mass is 9.97. The zero-order valence-electron chi connectivity index (χ0n) is 19.7. The maximum absolute atomic E-state index is 5.20. The highest BCUT2D eigenvalue weighted by atomic mass is 14.8. The van der Waals surface area contributed by atoms with Gasteiger partial charge in [-0.3, -0.25) is 0 Å². The van der Waals surface area contributed by atoms with Crippen molar-refractivity contribution in [1.82, 2.24) is 9.97 Å². The van der Waals surface area contributed by atoms with Gasteiger partial charge in [-0.1, -0.05) is 46.5 Å². The lowest BCUT2D eigenvalue weighted by molar-refractivity contribution is 1.27. The van der Waals surface area contributed by atoms with Crippen molar-refractivity contribution in [2.75, 3.05) is 0 Å². The van der Waals surface area contributed by atoms with Crippen LogP contribution in [0.4, 0.5) is 0 Å². The fraction of sp³-hybridized carbons (Fsp3) is 0.200. The van der Waals surface area contributed by atoms with Crippen molar-refractivity contribution in [1.29, 1.82) is 0 Å². The van der Waals surface area contributed by atoms with E-state index in [0.29, 0.717) is 0 Å². The normalized spacial score (nSPS) is 11.4. The van der Waals surface area contributed by atoms with Crippen LogP contribution in [-0.2, 0) is 0 Å². The van der Waals surface area contributed by atoms with Crippen LogP contribution >= 0.6 is 0 Å². The van der Waals surface area contributed by atoms with E-state index in [0.717, 1.165) is 33.5 Å². The Bertz CT molecular complexity index is 1370. The Kier molecular flexibility index (Phi) is 4.82. The van der Waals surface area contributed by atoms with Gasteiger partial charge < -0.3 is 0 Å². The van der Waals surface area contributed by atoms with Gasteiger partial charge in [-0.15, -0.1) is 0 Å². The molecule has 0 aliphatic rings. The smallest absolute Gasteiger partial charge is 0.0973 e. The quantitative estimate of drug-likeness (QED) is 0.273. The number of hydrogen-bond acceptors (Lipinski definition) is 2. The molecule has 0 unspecified atom stereocenters. The molecule has 0 N–H and O–H groups in total. The molecule has 0 saturated heterocycles. The van der Waals surface area contributed by atoms with Gasteiger partial charge in [-0.05, 0) is 99.8 Å². The lowest BCUT2D eigenvalue weighted by Crippen LogP contribution is -1.97. The number of nitrogens with zero attached hydrogens (tertiary/aromatic N) is 2. The molecule has 0 radical (unpaired) electrons. The van der Waals surface area contributed by atoms with Crippen molar-refractivity contribution in [3.8, 4) is 22.5 Å². The van der Waals surface area contributed by atoms with E-state index < -0.39 is 0 Å². The van der Waals surface area contributed by atoms with E-state index in [4.69, 9.17) is 9.97 Å². The van der Waals surface area contributed by atoms with Crippen molar-refractivity contribution in [2.24, 2.45) is 0 Å². The van der Waals surface area contributed by atoms with Gasteiger partial charge in [-0.25, -0.2) is 9.97 Å². The Hall–Kier alpha value is -3.52. The molecule has 32 heavy (non-hydrogen) atoms. The van der Waals surface area contributed by atoms with E-state index in [1.54, 1.807) is 0 Å². The van der Waals surface area contributed by atoms with E-state index in [9.17, 15) is 0 Å². The van der Waals surface area contributed by atoms with Gasteiger partial charge in [0.15, 0.2) is 0 Å². The third-order valence-electron chi connectivity index (χ3n) is 6.23. The van der Waals surface area contributed by atoms with Crippen LogP contribution < -0.4 is 0 Å². The summed E-state index contributed by atoms with van der Waals surface area (Å²) in [6, 6.07) is 22.1. The van der Waals surface area contributed by atoms with Crippen molar-refractivity contribution in [2.45, 2.75) is 41.5 Å². The zero-order valence-corrected chi connectivity index (χ0v) is 19.7. The van der Waals surface area contributed by atoms with Gasteiger partial charge in [0.25, 0.3) is 0 Å². The third kappa shape index (κ3) is 3.67. The summed E-state index contributed by atoms with van der Waals surface area (Å²) in [6.45, 7) is 12.9. The molecule has 0 spiro atoms. The Morgan fingerprint density at radius 1 is 0.406 bits per heavy atom. The summed E-state index contributed by atoms with van der Waals surface area (Å²) < 4.78 is 0. The minimum absolute atomic E-state index is 0.933. The molecular formula is C30H28N2. The molecule has 2 nitrogen and oxygen atoms in total. The first-order valence-electron chi connectivity index (χ1n) is 11.2. The molecule has 1 heterocycles. The van der Waals surface area contributed by atoms with Crippen LogP contribution in [0.15, 0.2) is 60.7 Å². The molecule has 4 aromatic carbocycles. The van der Waals surface area contributed by atoms with Crippen LogP contribution in [0.2, 0.25) is 0 Å². The molecule has 0 bridgehead atoms. The van der Waals surface area contributed by atoms with Crippen LogP contribution in [0.1, 0.15) is 33.4 Å². The standard InChI is InChI=1S/C30H28N2/c1-17-7-18(2)10-25(9-17)29-30(26-11-19(3)8-20(4)12-26)32-28-16-24-14-22(6)21(5)13-23(24)15-27(28)31-29/h7-16H,1-6H3. The highest BCUT2D eigenvalue weighted by Gasteiger charge is 2.15. The maximum atomic E-state index is 5.20. The molecule has 0 aliphatic carbocycles. The van der Waals surface area contributed by atoms with Crippen LogP contribution in [0.3, 0.4) is 0 Å². The van der Waals surface area contributed by atoms with Gasteiger partial charge >= 0.3 is 0 Å². The molecule has 5 rings (SSSR count). The summed E-state index contributed by atoms with van der Waals surface area (Å²) in [5.41, 5.74) is 13.5. The average Bonchev–Trinajstić information content (AvgIpc) is 2.71. The molecule has 0 fully saturated rings. The minimum atomic E-state index is 0.933. The van der Waals surface area contributed by atoms with E-state index >= 15 is 0 Å². The summed E-state index contributed by atoms with van der Waals surface area (Å²) in [7, 11) is 0. The SMILES string of the molecule is Cc1cc(C)cc(-c2nc3cc4cc(C)c(C)cc4cc3nc2-c2cc(C)cc(C)c2)c1. The van der Waals surface area contributed by atoms with Crippen LogP contribution in [0.25, 0.3) is 44.3 Å². The maximum Gasteiger partial charge on any atom is 0.0973 e. The van der Waals surface area contributed by atoms with Crippen molar-refractivity contribution in [3.05, 3.63) is 94.0 Å². The first-order valence-corrected chi connectivity index (χ1v) is 11.2. The van der Waals surface area contributed by atoms with E-state index in [-0.39, 0.29) is 0 Å². The molecule has 0 amide bonds. The van der Waals surface area contributed by atoms with Crippen LogP contribution in [0, 0.1) is 41.5 Å². The Labute approximate surface area is 190 Å². The summed E-state index contributed by atoms with van der Waals surface area (Å²) in [4.78, 5) is 10.4. The molecule has 2 heteroatoms. The molecule has 158 valence electrons. The average molecular weight is 417 g/mol. The third-order valence-corrected chi connectivity index (χ3v) is 6.23. The number of fused-ring (bicyclic) bond motifs is 2. The van der Waals surface area contributed by atoms with E-state index in [1.165, 1.54) is 44.2 Å². The van der Waals surface area contributed by atoms with Crippen molar-refractivity contribution >= 4 is 21.8 Å². The first kappa shape index (κ1) is 20.4. The van der Waals surface area contributed by atoms with Gasteiger partial charge in [0.2, 0.25) is 0 Å². The van der Waals surface area contributed by atoms with Crippen LogP contribution in [-0.4, -0.2) is 9.97 Å². The molecule has 5 aromatic rings. The monoisotopic (exact) mass is 416 g/mol. The second-order valence-corrected chi connectivity index (χ2v) is 9.30. The highest BCUT2D eigenvalue weighted by Crippen LogP contribution is 2.34. The molecule has 1 aromatic heterocycles. The summed E-state index contributed by atoms with van der Waals surface area (Å²) in [6.07, 6.45) is 0. The van der Waals surface area contributed by atoms with Crippen molar-refractivity contribution < 1.29 is 0 Å². The fourth-order valence-electron chi connectivity index (χ4n) is 4.70. The number of rotatable bonds is 2. The van der Waals surface area contributed by atoms with E-state index in [2.05, 4.69) is 102 Å². The van der Waals surface area contributed by atoms with Gasteiger partial charge in [-0.2, -0.15) is 0 Å². The molecule has 0 atom stereocenters. The topological polar surface area (TPSA) is 25.8 Å². The number of aromatic nitrogens is 2. The molecule has 0 saturated carbocycles. The van der Waals surface area contributed by atoms with Gasteiger partial charge in [0.1, 0.15) is 0 Å². The van der Waals surface area contributed by atoms with Gasteiger partial charge in [0, 0.05) is 11.1 Å². The summed E-state index contributed by atoms with van der Waals surface area (Å²) in [5, 5.41) is 2.42. The van der Waals surface area contributed by atoms with E-state index in [1.807, 2.05) is 0 Å². The number of aryl methyl sites for hydroxylation is 6. The second kappa shape index (κ2) is 7.56. The number of hydrogen-bond donors (Lipinski definition) is 0. The minimum Gasteiger partial charge on any atom is -0.244 e. The Morgan fingerprint density at radius 2 is 0.750 bits per heavy atom. The fourth-order valence-corrected chi connectivity index (χ4v) is 4.70. The van der Waals surface area contributed by atoms with Gasteiger partial charge in [0.05, 0.1) is 22.4 Å². The molecular weight excluding hydrogens is 388 g/mol. The largest absolute Gasteiger partial charge is 0.244 e. The lowest BCUT2D eigenvalue weighted by Gasteiger charge is -2.14. The highest BCUT2D eigenvalue weighted by molar-refractivity contribution is 5.97. The number of benzene rings is 4. The predicted molar refractivity (Wildman–Crippen MR) is 136 cm³/mol.